The minimum atomic E-state index is -0.968. The first-order chi connectivity index (χ1) is 5.99. The van der Waals surface area contributed by atoms with Crippen LogP contribution in [0, 0.1) is 0 Å². The fourth-order valence-electron chi connectivity index (χ4n) is 1.59. The van der Waals surface area contributed by atoms with Gasteiger partial charge in [0.15, 0.2) is 0 Å². The van der Waals surface area contributed by atoms with E-state index in [2.05, 4.69) is 0 Å². The molecule has 1 fully saturated rings. The Labute approximate surface area is 77.2 Å². The predicted octanol–water partition coefficient (Wildman–Crippen LogP) is 0.748. The van der Waals surface area contributed by atoms with Gasteiger partial charge < -0.3 is 14.6 Å². The number of ether oxygens (including phenoxy) is 2. The van der Waals surface area contributed by atoms with Gasteiger partial charge in [-0.1, -0.05) is 0 Å². The Morgan fingerprint density at radius 3 is 2.85 bits per heavy atom. The average Bonchev–Trinajstić information content (AvgIpc) is 2.26. The minimum Gasteiger partial charge on any atom is -0.465 e. The van der Waals surface area contributed by atoms with Gasteiger partial charge >= 0.3 is 6.09 Å². The van der Waals surface area contributed by atoms with Crippen molar-refractivity contribution in [2.24, 2.45) is 0 Å². The van der Waals surface area contributed by atoms with Gasteiger partial charge in [0.2, 0.25) is 0 Å². The molecule has 76 valence electrons. The molecule has 1 aliphatic rings. The third-order valence-electron chi connectivity index (χ3n) is 2.14. The summed E-state index contributed by atoms with van der Waals surface area (Å²) in [6, 6.07) is -0.197. The van der Waals surface area contributed by atoms with Gasteiger partial charge in [-0.05, 0) is 13.8 Å². The highest BCUT2D eigenvalue weighted by molar-refractivity contribution is 5.66. The smallest absolute Gasteiger partial charge is 0.409 e. The van der Waals surface area contributed by atoms with Crippen LogP contribution in [0.2, 0.25) is 0 Å². The molecule has 1 heterocycles. The first-order valence-corrected chi connectivity index (χ1v) is 4.14. The van der Waals surface area contributed by atoms with Crippen LogP contribution in [0.15, 0.2) is 0 Å². The molecule has 0 saturated carbocycles. The molecule has 1 rings (SSSR count). The molecule has 1 N–H and O–H groups in total. The van der Waals surface area contributed by atoms with Crippen LogP contribution in [0.3, 0.4) is 0 Å². The normalized spacial score (nSPS) is 26.4. The van der Waals surface area contributed by atoms with E-state index in [9.17, 15) is 4.79 Å². The number of carbonyl (C=O) groups is 1. The average molecular weight is 189 g/mol. The van der Waals surface area contributed by atoms with E-state index in [1.807, 2.05) is 0 Å². The summed E-state index contributed by atoms with van der Waals surface area (Å²) in [6.07, 6.45) is -0.968. The Kier molecular flexibility index (Phi) is 2.77. The quantitative estimate of drug-likeness (QED) is 0.696. The van der Waals surface area contributed by atoms with Crippen LogP contribution in [0.25, 0.3) is 0 Å². The molecule has 0 aromatic heterocycles. The van der Waals surface area contributed by atoms with Crippen molar-refractivity contribution < 1.29 is 19.4 Å². The Morgan fingerprint density at radius 1 is 1.77 bits per heavy atom. The molecule has 1 atom stereocenters. The van der Waals surface area contributed by atoms with E-state index < -0.39 is 11.8 Å². The van der Waals surface area contributed by atoms with Crippen molar-refractivity contribution in [2.75, 3.05) is 20.3 Å². The molecule has 5 nitrogen and oxygen atoms in total. The summed E-state index contributed by atoms with van der Waals surface area (Å²) in [4.78, 5) is 12.2. The summed E-state index contributed by atoms with van der Waals surface area (Å²) in [5, 5.41) is 8.94. The second kappa shape index (κ2) is 3.51. The van der Waals surface area contributed by atoms with Gasteiger partial charge in [0.05, 0.1) is 19.3 Å². The van der Waals surface area contributed by atoms with E-state index in [1.165, 1.54) is 4.90 Å². The summed E-state index contributed by atoms with van der Waals surface area (Å²) >= 11 is 0. The number of hydrogen-bond donors (Lipinski definition) is 1. The molecule has 13 heavy (non-hydrogen) atoms. The number of carboxylic acid groups (broad SMARTS) is 1. The van der Waals surface area contributed by atoms with E-state index in [-0.39, 0.29) is 6.04 Å². The Bertz CT molecular complexity index is 204. The van der Waals surface area contributed by atoms with Crippen LogP contribution in [-0.2, 0) is 9.47 Å². The number of amides is 1. The van der Waals surface area contributed by atoms with Crippen molar-refractivity contribution in [3.63, 3.8) is 0 Å². The summed E-state index contributed by atoms with van der Waals surface area (Å²) in [7, 11) is 1.55. The summed E-state index contributed by atoms with van der Waals surface area (Å²) < 4.78 is 10.3. The van der Waals surface area contributed by atoms with Gasteiger partial charge in [0, 0.05) is 7.11 Å². The van der Waals surface area contributed by atoms with E-state index in [4.69, 9.17) is 14.6 Å². The van der Waals surface area contributed by atoms with Crippen molar-refractivity contribution in [1.29, 1.82) is 0 Å². The lowest BCUT2D eigenvalue weighted by atomic mass is 10.2. The fourth-order valence-corrected chi connectivity index (χ4v) is 1.59. The number of hydrogen-bond acceptors (Lipinski definition) is 3. The second-order valence-electron chi connectivity index (χ2n) is 3.52. The summed E-state index contributed by atoms with van der Waals surface area (Å²) in [6.45, 7) is 4.23. The van der Waals surface area contributed by atoms with E-state index in [0.29, 0.717) is 13.2 Å². The van der Waals surface area contributed by atoms with Gasteiger partial charge in [-0.2, -0.15) is 0 Å². The molecule has 5 heteroatoms. The third kappa shape index (κ3) is 1.92. The lowest BCUT2D eigenvalue weighted by Crippen LogP contribution is -2.48. The molecule has 1 saturated heterocycles. The fraction of sp³-hybridized carbons (Fsp3) is 0.875. The largest absolute Gasteiger partial charge is 0.465 e. The highest BCUT2D eigenvalue weighted by atomic mass is 16.5. The SMILES string of the molecule is COC[C@@H]1COC(C)(C)N1C(=O)O. The monoisotopic (exact) mass is 189 g/mol. The van der Waals surface area contributed by atoms with Crippen molar-refractivity contribution in [2.45, 2.75) is 25.6 Å². The number of rotatable bonds is 2. The second-order valence-corrected chi connectivity index (χ2v) is 3.52. The topological polar surface area (TPSA) is 59.0 Å². The molecule has 0 aromatic rings. The summed E-state index contributed by atoms with van der Waals surface area (Å²) in [5.41, 5.74) is -0.741. The molecule has 1 amide bonds. The third-order valence-corrected chi connectivity index (χ3v) is 2.14. The standard InChI is InChI=1S/C8H15NO4/c1-8(2)9(7(10)11)6(4-12-3)5-13-8/h6H,4-5H2,1-3H3,(H,10,11)/t6-/m1/s1. The highest BCUT2D eigenvalue weighted by Crippen LogP contribution is 2.27. The van der Waals surface area contributed by atoms with Gasteiger partial charge in [-0.3, -0.25) is 4.90 Å². The van der Waals surface area contributed by atoms with Crippen LogP contribution < -0.4 is 0 Å². The van der Waals surface area contributed by atoms with Gasteiger partial charge in [-0.25, -0.2) is 4.79 Å². The van der Waals surface area contributed by atoms with Gasteiger partial charge in [0.1, 0.15) is 5.72 Å². The zero-order valence-electron chi connectivity index (χ0n) is 8.11. The Morgan fingerprint density at radius 2 is 2.38 bits per heavy atom. The Hall–Kier alpha value is -0.810. The maximum absolute atomic E-state index is 10.9. The molecule has 0 unspecified atom stereocenters. The summed E-state index contributed by atoms with van der Waals surface area (Å²) in [5.74, 6) is 0. The van der Waals surface area contributed by atoms with E-state index in [0.717, 1.165) is 0 Å². The zero-order valence-corrected chi connectivity index (χ0v) is 8.11. The molecule has 0 spiro atoms. The van der Waals surface area contributed by atoms with Crippen molar-refractivity contribution >= 4 is 6.09 Å². The van der Waals surface area contributed by atoms with Gasteiger partial charge in [0.25, 0.3) is 0 Å². The van der Waals surface area contributed by atoms with Crippen molar-refractivity contribution in [1.82, 2.24) is 4.90 Å². The molecule has 0 radical (unpaired) electrons. The predicted molar refractivity (Wildman–Crippen MR) is 45.6 cm³/mol. The first kappa shape index (κ1) is 10.3. The molecule has 0 bridgehead atoms. The van der Waals surface area contributed by atoms with E-state index >= 15 is 0 Å². The highest BCUT2D eigenvalue weighted by Gasteiger charge is 2.43. The van der Waals surface area contributed by atoms with Crippen LogP contribution in [0.5, 0.6) is 0 Å². The van der Waals surface area contributed by atoms with Crippen LogP contribution in [0.1, 0.15) is 13.8 Å². The lowest BCUT2D eigenvalue weighted by molar-refractivity contribution is -0.0438. The van der Waals surface area contributed by atoms with Crippen LogP contribution in [0.4, 0.5) is 4.79 Å². The van der Waals surface area contributed by atoms with Crippen LogP contribution >= 0.6 is 0 Å². The minimum absolute atomic E-state index is 0.197. The van der Waals surface area contributed by atoms with Crippen molar-refractivity contribution in [3.8, 4) is 0 Å². The van der Waals surface area contributed by atoms with Crippen molar-refractivity contribution in [3.05, 3.63) is 0 Å². The van der Waals surface area contributed by atoms with E-state index in [1.54, 1.807) is 21.0 Å². The molecule has 1 aliphatic heterocycles. The first-order valence-electron chi connectivity index (χ1n) is 4.14. The molecule has 0 aromatic carbocycles. The van der Waals surface area contributed by atoms with Gasteiger partial charge in [-0.15, -0.1) is 0 Å². The molecular weight excluding hydrogens is 174 g/mol. The molecular formula is C8H15NO4. The Balaban J connectivity index is 2.73. The maximum Gasteiger partial charge on any atom is 0.409 e. The number of nitrogens with zero attached hydrogens (tertiary/aromatic N) is 1. The lowest BCUT2D eigenvalue weighted by Gasteiger charge is -2.30. The molecule has 0 aliphatic carbocycles. The number of methoxy groups -OCH3 is 1. The zero-order chi connectivity index (χ0) is 10.1. The van der Waals surface area contributed by atoms with Crippen LogP contribution in [-0.4, -0.2) is 48.2 Å². The maximum atomic E-state index is 10.9.